The predicted octanol–water partition coefficient (Wildman–Crippen LogP) is 5.17. The smallest absolute Gasteiger partial charge is 0.338 e. The fraction of sp³-hybridized carbons (Fsp3) is 0.214. The average Bonchev–Trinajstić information content (AvgIpc) is 3.19. The highest BCUT2D eigenvalue weighted by molar-refractivity contribution is 8.15. The zero-order valence-corrected chi connectivity index (χ0v) is 21.7. The molecule has 0 unspecified atom stereocenters. The van der Waals surface area contributed by atoms with Gasteiger partial charge in [-0.25, -0.2) is 14.2 Å². The van der Waals surface area contributed by atoms with E-state index in [2.05, 4.69) is 10.3 Å². The molecule has 4 rings (SSSR count). The van der Waals surface area contributed by atoms with Gasteiger partial charge in [0.25, 0.3) is 0 Å². The summed E-state index contributed by atoms with van der Waals surface area (Å²) in [6.45, 7) is 2.19. The Labute approximate surface area is 223 Å². The molecule has 3 aromatic carbocycles. The third-order valence-electron chi connectivity index (χ3n) is 5.64. The first-order valence-corrected chi connectivity index (χ1v) is 12.8. The van der Waals surface area contributed by atoms with Crippen molar-refractivity contribution in [2.24, 2.45) is 4.99 Å². The van der Waals surface area contributed by atoms with Crippen LogP contribution in [-0.2, 0) is 20.9 Å². The molecule has 0 spiro atoms. The van der Waals surface area contributed by atoms with E-state index in [1.807, 2.05) is 12.1 Å². The van der Waals surface area contributed by atoms with Crippen molar-refractivity contribution in [2.75, 3.05) is 19.0 Å². The van der Waals surface area contributed by atoms with E-state index >= 15 is 0 Å². The van der Waals surface area contributed by atoms with Crippen molar-refractivity contribution in [1.29, 1.82) is 0 Å². The maximum absolute atomic E-state index is 14.3. The lowest BCUT2D eigenvalue weighted by atomic mass is 10.2. The normalized spacial score (nSPS) is 16.0. The Morgan fingerprint density at radius 3 is 2.42 bits per heavy atom. The molecule has 0 aromatic heterocycles. The summed E-state index contributed by atoms with van der Waals surface area (Å²) in [4.78, 5) is 43.9. The van der Waals surface area contributed by atoms with Crippen molar-refractivity contribution < 1.29 is 28.2 Å². The van der Waals surface area contributed by atoms with Crippen LogP contribution in [0.4, 0.5) is 15.8 Å². The van der Waals surface area contributed by atoms with Gasteiger partial charge >= 0.3 is 5.97 Å². The number of carbonyl (C=O) groups is 3. The summed E-state index contributed by atoms with van der Waals surface area (Å²) in [5.41, 5.74) is 1.78. The summed E-state index contributed by atoms with van der Waals surface area (Å²) in [5, 5.41) is 2.32. The number of hydrogen-bond donors (Lipinski definition) is 1. The highest BCUT2D eigenvalue weighted by Crippen LogP contribution is 2.34. The number of halogens is 1. The molecule has 1 saturated heterocycles. The van der Waals surface area contributed by atoms with Gasteiger partial charge in [-0.3, -0.25) is 14.5 Å². The fourth-order valence-corrected chi connectivity index (χ4v) is 4.86. The van der Waals surface area contributed by atoms with Gasteiger partial charge in [0, 0.05) is 12.1 Å². The highest BCUT2D eigenvalue weighted by atomic mass is 32.2. The third kappa shape index (κ3) is 6.57. The lowest BCUT2D eigenvalue weighted by Gasteiger charge is -2.17. The molecule has 38 heavy (non-hydrogen) atoms. The van der Waals surface area contributed by atoms with Crippen molar-refractivity contribution in [2.45, 2.75) is 25.1 Å². The first kappa shape index (κ1) is 26.9. The first-order valence-electron chi connectivity index (χ1n) is 11.9. The molecule has 3 aromatic rings. The van der Waals surface area contributed by atoms with Crippen LogP contribution in [0.2, 0.25) is 0 Å². The molecule has 1 aliphatic rings. The Balaban J connectivity index is 1.49. The lowest BCUT2D eigenvalue weighted by Crippen LogP contribution is -2.33. The molecule has 0 bridgehead atoms. The lowest BCUT2D eigenvalue weighted by molar-refractivity contribution is -0.128. The number of methoxy groups -OCH3 is 1. The Hall–Kier alpha value is -4.18. The number of esters is 1. The largest absolute Gasteiger partial charge is 0.497 e. The van der Waals surface area contributed by atoms with E-state index in [1.165, 1.54) is 17.0 Å². The number of rotatable bonds is 9. The quantitative estimate of drug-likeness (QED) is 0.380. The zero-order chi connectivity index (χ0) is 27.1. The van der Waals surface area contributed by atoms with Crippen LogP contribution >= 0.6 is 11.8 Å². The number of para-hydroxylation sites is 1. The van der Waals surface area contributed by atoms with Crippen LogP contribution in [0.15, 0.2) is 77.8 Å². The molecular weight excluding hydrogens is 509 g/mol. The summed E-state index contributed by atoms with van der Waals surface area (Å²) in [5.74, 6) is -0.951. The maximum atomic E-state index is 14.3. The number of aliphatic imine (C=N–C) groups is 1. The van der Waals surface area contributed by atoms with Gasteiger partial charge in [-0.1, -0.05) is 36.0 Å². The van der Waals surface area contributed by atoms with E-state index in [4.69, 9.17) is 9.47 Å². The van der Waals surface area contributed by atoms with Crippen LogP contribution in [0.25, 0.3) is 0 Å². The molecule has 2 amide bonds. The molecule has 8 nitrogen and oxygen atoms in total. The molecule has 196 valence electrons. The maximum Gasteiger partial charge on any atom is 0.338 e. The third-order valence-corrected chi connectivity index (χ3v) is 6.81. The summed E-state index contributed by atoms with van der Waals surface area (Å²) < 4.78 is 24.5. The van der Waals surface area contributed by atoms with Crippen LogP contribution < -0.4 is 10.1 Å². The molecule has 1 heterocycles. The van der Waals surface area contributed by atoms with E-state index in [-0.39, 0.29) is 37.1 Å². The Kier molecular flexibility index (Phi) is 8.75. The standard InChI is InChI=1S/C28H26FN3O5S/c1-3-37-27(35)19-10-12-20(13-11-19)30-25(33)16-24-26(34)32(17-18-8-14-21(36-2)15-9-18)28(38-24)31-23-7-5-4-6-22(23)29/h4-15,24H,3,16-17H2,1-2H3,(H,30,33)/t24-/m0/s1. The molecule has 0 saturated carbocycles. The van der Waals surface area contributed by atoms with Crippen LogP contribution in [0.3, 0.4) is 0 Å². The molecule has 10 heteroatoms. The van der Waals surface area contributed by atoms with E-state index < -0.39 is 17.0 Å². The minimum Gasteiger partial charge on any atom is -0.497 e. The topological polar surface area (TPSA) is 97.3 Å². The number of ether oxygens (including phenoxy) is 2. The Morgan fingerprint density at radius 1 is 1.05 bits per heavy atom. The van der Waals surface area contributed by atoms with Gasteiger partial charge in [0.05, 0.1) is 25.8 Å². The number of amides is 2. The number of thioether (sulfide) groups is 1. The van der Waals surface area contributed by atoms with Gasteiger partial charge in [0.1, 0.15) is 22.5 Å². The molecule has 1 atom stereocenters. The van der Waals surface area contributed by atoms with Gasteiger partial charge in [0.2, 0.25) is 11.8 Å². The molecule has 1 N–H and O–H groups in total. The van der Waals surface area contributed by atoms with Crippen molar-refractivity contribution in [3.05, 3.63) is 89.7 Å². The van der Waals surface area contributed by atoms with Crippen molar-refractivity contribution in [3.63, 3.8) is 0 Å². The van der Waals surface area contributed by atoms with Gasteiger partial charge in [-0.15, -0.1) is 0 Å². The van der Waals surface area contributed by atoms with E-state index in [1.54, 1.807) is 62.6 Å². The van der Waals surface area contributed by atoms with E-state index in [9.17, 15) is 18.8 Å². The van der Waals surface area contributed by atoms with Gasteiger partial charge < -0.3 is 14.8 Å². The second kappa shape index (κ2) is 12.4. The van der Waals surface area contributed by atoms with Crippen molar-refractivity contribution in [3.8, 4) is 5.75 Å². The number of hydrogen-bond acceptors (Lipinski definition) is 7. The van der Waals surface area contributed by atoms with Crippen LogP contribution in [0, 0.1) is 5.82 Å². The first-order chi connectivity index (χ1) is 18.4. The zero-order valence-electron chi connectivity index (χ0n) is 20.8. The van der Waals surface area contributed by atoms with Gasteiger partial charge in [0.15, 0.2) is 5.17 Å². The van der Waals surface area contributed by atoms with E-state index in [0.717, 1.165) is 17.3 Å². The van der Waals surface area contributed by atoms with Crippen LogP contribution in [-0.4, -0.2) is 46.8 Å². The number of amidine groups is 1. The Morgan fingerprint density at radius 2 is 1.76 bits per heavy atom. The summed E-state index contributed by atoms with van der Waals surface area (Å²) >= 11 is 1.12. The molecular formula is C28H26FN3O5S. The fourth-order valence-electron chi connectivity index (χ4n) is 3.71. The minimum absolute atomic E-state index is 0.106. The van der Waals surface area contributed by atoms with Crippen molar-refractivity contribution >= 4 is 46.1 Å². The van der Waals surface area contributed by atoms with Crippen LogP contribution in [0.5, 0.6) is 5.75 Å². The van der Waals surface area contributed by atoms with E-state index in [0.29, 0.717) is 22.2 Å². The Bertz CT molecular complexity index is 1350. The number of nitrogens with zero attached hydrogens (tertiary/aromatic N) is 2. The summed E-state index contributed by atoms with van der Waals surface area (Å²) in [6.07, 6.45) is -0.113. The summed E-state index contributed by atoms with van der Waals surface area (Å²) in [6, 6.07) is 19.6. The molecule has 0 aliphatic carbocycles. The molecule has 1 fully saturated rings. The predicted molar refractivity (Wildman–Crippen MR) is 144 cm³/mol. The number of benzene rings is 3. The van der Waals surface area contributed by atoms with Gasteiger partial charge in [-0.05, 0) is 61.0 Å². The summed E-state index contributed by atoms with van der Waals surface area (Å²) in [7, 11) is 1.57. The second-order valence-corrected chi connectivity index (χ2v) is 9.44. The monoisotopic (exact) mass is 535 g/mol. The highest BCUT2D eigenvalue weighted by Gasteiger charge is 2.39. The minimum atomic E-state index is -0.738. The number of anilines is 1. The average molecular weight is 536 g/mol. The number of carbonyl (C=O) groups excluding carboxylic acids is 3. The molecule has 1 aliphatic heterocycles. The molecule has 0 radical (unpaired) electrons. The second-order valence-electron chi connectivity index (χ2n) is 8.27. The SMILES string of the molecule is CCOC(=O)c1ccc(NC(=O)C[C@@H]2SC(=Nc3ccccc3F)N(Cc3ccc(OC)cc3)C2=O)cc1. The van der Waals surface area contributed by atoms with Crippen molar-refractivity contribution in [1.82, 2.24) is 4.90 Å². The van der Waals surface area contributed by atoms with Crippen LogP contribution in [0.1, 0.15) is 29.3 Å². The van der Waals surface area contributed by atoms with Gasteiger partial charge in [-0.2, -0.15) is 0 Å². The number of nitrogens with one attached hydrogen (secondary N) is 1.